The van der Waals surface area contributed by atoms with Crippen molar-refractivity contribution in [1.29, 1.82) is 0 Å². The number of methoxy groups -OCH3 is 1. The molecule has 7 heteroatoms. The van der Waals surface area contributed by atoms with Crippen molar-refractivity contribution in [1.82, 2.24) is 4.31 Å². The summed E-state index contributed by atoms with van der Waals surface area (Å²) in [6.45, 7) is 3.60. The van der Waals surface area contributed by atoms with Crippen LogP contribution in [-0.4, -0.2) is 63.5 Å². The van der Waals surface area contributed by atoms with Crippen LogP contribution in [0, 0.1) is 0 Å². The first-order valence-corrected chi connectivity index (χ1v) is 13.2. The van der Waals surface area contributed by atoms with E-state index in [4.69, 9.17) is 9.47 Å². The molecule has 0 aromatic heterocycles. The molecular formula is C25H34N2O4S. The van der Waals surface area contributed by atoms with Crippen molar-refractivity contribution in [2.75, 3.05) is 37.4 Å². The summed E-state index contributed by atoms with van der Waals surface area (Å²) < 4.78 is 37.3. The zero-order valence-corrected chi connectivity index (χ0v) is 19.8. The van der Waals surface area contributed by atoms with E-state index in [1.165, 1.54) is 19.3 Å². The average Bonchev–Trinajstić information content (AvgIpc) is 3.47. The third-order valence-electron chi connectivity index (χ3n) is 6.62. The van der Waals surface area contributed by atoms with Gasteiger partial charge in [-0.05, 0) is 62.4 Å². The Morgan fingerprint density at radius 1 is 1.00 bits per heavy atom. The van der Waals surface area contributed by atoms with Crippen LogP contribution >= 0.6 is 0 Å². The minimum Gasteiger partial charge on any atom is -0.497 e. The number of rotatable bonds is 6. The molecule has 2 aromatic rings. The highest BCUT2D eigenvalue weighted by Crippen LogP contribution is 2.36. The van der Waals surface area contributed by atoms with Crippen molar-refractivity contribution in [3.05, 3.63) is 60.2 Å². The van der Waals surface area contributed by atoms with E-state index < -0.39 is 10.0 Å². The Balaban J connectivity index is 0.000000346. The maximum Gasteiger partial charge on any atom is 0.214 e. The average molecular weight is 459 g/mol. The highest BCUT2D eigenvalue weighted by atomic mass is 32.2. The van der Waals surface area contributed by atoms with Gasteiger partial charge in [0.15, 0.2) is 0 Å². The number of hydrogen-bond acceptors (Lipinski definition) is 5. The third kappa shape index (κ3) is 5.45. The summed E-state index contributed by atoms with van der Waals surface area (Å²) in [4.78, 5) is 2.26. The lowest BCUT2D eigenvalue weighted by molar-refractivity contribution is -0.0647. The van der Waals surface area contributed by atoms with Gasteiger partial charge in [-0.15, -0.1) is 0 Å². The molecule has 4 aliphatic rings. The monoisotopic (exact) mass is 458 g/mol. The molecule has 174 valence electrons. The van der Waals surface area contributed by atoms with Gasteiger partial charge in [0.05, 0.1) is 25.1 Å². The van der Waals surface area contributed by atoms with Gasteiger partial charge in [-0.2, -0.15) is 4.31 Å². The molecule has 6 nitrogen and oxygen atoms in total. The maximum atomic E-state index is 12.6. The second kappa shape index (κ2) is 10.2. The summed E-state index contributed by atoms with van der Waals surface area (Å²) in [6.07, 6.45) is 6.13. The molecular weight excluding hydrogens is 424 g/mol. The Bertz CT molecular complexity index is 946. The highest BCUT2D eigenvalue weighted by molar-refractivity contribution is 7.89. The summed E-state index contributed by atoms with van der Waals surface area (Å²) in [5.74, 6) is 0.961. The molecule has 1 aliphatic carbocycles. The van der Waals surface area contributed by atoms with Crippen LogP contribution in [0.3, 0.4) is 0 Å². The van der Waals surface area contributed by atoms with Crippen LogP contribution in [0.2, 0.25) is 0 Å². The Morgan fingerprint density at radius 2 is 1.66 bits per heavy atom. The van der Waals surface area contributed by atoms with E-state index >= 15 is 0 Å². The first-order valence-electron chi connectivity index (χ1n) is 11.6. The van der Waals surface area contributed by atoms with Crippen LogP contribution in [0.4, 0.5) is 5.69 Å². The number of fused-ring (bicyclic) bond motifs is 1. The van der Waals surface area contributed by atoms with Crippen LogP contribution in [0.25, 0.3) is 0 Å². The minimum absolute atomic E-state index is 0.0711. The third-order valence-corrected chi connectivity index (χ3v) is 8.55. The van der Waals surface area contributed by atoms with Crippen LogP contribution in [-0.2, 0) is 21.2 Å². The van der Waals surface area contributed by atoms with Gasteiger partial charge in [0.25, 0.3) is 0 Å². The molecule has 3 heterocycles. The largest absolute Gasteiger partial charge is 0.497 e. The van der Waals surface area contributed by atoms with Gasteiger partial charge in [-0.3, -0.25) is 0 Å². The molecule has 3 unspecified atom stereocenters. The van der Waals surface area contributed by atoms with Crippen molar-refractivity contribution in [2.45, 2.75) is 50.9 Å². The number of hydrogen-bond donors (Lipinski definition) is 0. The van der Waals surface area contributed by atoms with Crippen LogP contribution in [0.1, 0.15) is 31.7 Å². The van der Waals surface area contributed by atoms with Gasteiger partial charge in [-0.25, -0.2) is 8.42 Å². The molecule has 3 saturated heterocycles. The van der Waals surface area contributed by atoms with E-state index in [1.54, 1.807) is 18.3 Å². The zero-order chi connectivity index (χ0) is 22.6. The molecule has 0 spiro atoms. The summed E-state index contributed by atoms with van der Waals surface area (Å²) in [5, 5.41) is 0. The van der Waals surface area contributed by atoms with Crippen molar-refractivity contribution in [3.63, 3.8) is 0 Å². The lowest BCUT2D eigenvalue weighted by Crippen LogP contribution is -2.56. The zero-order valence-electron chi connectivity index (χ0n) is 19.0. The van der Waals surface area contributed by atoms with Crippen molar-refractivity contribution in [3.8, 4) is 5.75 Å². The molecule has 3 atom stereocenters. The SMILES string of the molecule is C1CC2CC1O2.CCS(=O)(=O)N1CCN(c2ccc(OC)cc2)CC1Cc1ccccc1. The molecule has 4 fully saturated rings. The van der Waals surface area contributed by atoms with Crippen LogP contribution in [0.5, 0.6) is 5.75 Å². The normalized spacial score (nSPS) is 24.9. The van der Waals surface area contributed by atoms with Crippen LogP contribution < -0.4 is 9.64 Å². The molecule has 0 radical (unpaired) electrons. The molecule has 2 aromatic carbocycles. The minimum atomic E-state index is -3.22. The number of ether oxygens (including phenoxy) is 2. The smallest absolute Gasteiger partial charge is 0.214 e. The molecule has 0 N–H and O–H groups in total. The Labute approximate surface area is 192 Å². The molecule has 3 aliphatic heterocycles. The van der Waals surface area contributed by atoms with Gasteiger partial charge in [0, 0.05) is 31.4 Å². The van der Waals surface area contributed by atoms with E-state index in [1.807, 2.05) is 42.5 Å². The van der Waals surface area contributed by atoms with Gasteiger partial charge < -0.3 is 14.4 Å². The number of piperazine rings is 1. The molecule has 2 bridgehead atoms. The van der Waals surface area contributed by atoms with Gasteiger partial charge >= 0.3 is 0 Å². The molecule has 32 heavy (non-hydrogen) atoms. The standard InChI is InChI=1S/C20H26N2O3S.C5H8O/c1-3-26(23,24)22-14-13-21(18-9-11-20(25-2)12-10-18)16-19(22)15-17-7-5-4-6-8-17;1-2-5-3-4(1)6-5/h4-12,19H,3,13-16H2,1-2H3;4-5H,1-3H2. The Morgan fingerprint density at radius 3 is 2.19 bits per heavy atom. The van der Waals surface area contributed by atoms with E-state index in [2.05, 4.69) is 17.0 Å². The fourth-order valence-electron chi connectivity index (χ4n) is 4.75. The van der Waals surface area contributed by atoms with Crippen LogP contribution in [0.15, 0.2) is 54.6 Å². The fourth-order valence-corrected chi connectivity index (χ4v) is 6.04. The van der Waals surface area contributed by atoms with Crippen molar-refractivity contribution >= 4 is 15.7 Å². The fraction of sp³-hybridized carbons (Fsp3) is 0.520. The molecule has 0 amide bonds. The molecule has 6 rings (SSSR count). The predicted molar refractivity (Wildman–Crippen MR) is 128 cm³/mol. The van der Waals surface area contributed by atoms with Gasteiger partial charge in [-0.1, -0.05) is 30.3 Å². The maximum absolute atomic E-state index is 12.6. The summed E-state index contributed by atoms with van der Waals surface area (Å²) in [6, 6.07) is 18.0. The number of nitrogens with zero attached hydrogens (tertiary/aromatic N) is 2. The van der Waals surface area contributed by atoms with E-state index in [0.29, 0.717) is 38.3 Å². The van der Waals surface area contributed by atoms with E-state index in [9.17, 15) is 8.42 Å². The topological polar surface area (TPSA) is 59.1 Å². The van der Waals surface area contributed by atoms with Crippen molar-refractivity contribution in [2.24, 2.45) is 0 Å². The highest BCUT2D eigenvalue weighted by Gasteiger charge is 2.37. The Kier molecular flexibility index (Phi) is 7.38. The summed E-state index contributed by atoms with van der Waals surface area (Å²) in [5.41, 5.74) is 2.25. The lowest BCUT2D eigenvalue weighted by atomic mass is 10.0. The second-order valence-electron chi connectivity index (χ2n) is 8.69. The summed E-state index contributed by atoms with van der Waals surface area (Å²) >= 11 is 0. The first kappa shape index (κ1) is 23.1. The second-order valence-corrected chi connectivity index (χ2v) is 10.9. The van der Waals surface area contributed by atoms with Crippen molar-refractivity contribution < 1.29 is 17.9 Å². The number of benzene rings is 2. The number of sulfonamides is 1. The summed E-state index contributed by atoms with van der Waals surface area (Å²) in [7, 11) is -1.57. The van der Waals surface area contributed by atoms with Gasteiger partial charge in [0.2, 0.25) is 10.0 Å². The Hall–Kier alpha value is -2.09. The lowest BCUT2D eigenvalue weighted by Gasteiger charge is -2.41. The quantitative estimate of drug-likeness (QED) is 0.660. The number of anilines is 1. The molecule has 1 saturated carbocycles. The van der Waals surface area contributed by atoms with E-state index in [0.717, 1.165) is 17.0 Å². The van der Waals surface area contributed by atoms with Gasteiger partial charge in [0.1, 0.15) is 5.75 Å². The predicted octanol–water partition coefficient (Wildman–Crippen LogP) is 3.72. The van der Waals surface area contributed by atoms with E-state index in [-0.39, 0.29) is 11.8 Å². The first-order chi connectivity index (χ1) is 15.5.